The van der Waals surface area contributed by atoms with E-state index in [1.807, 2.05) is 0 Å². The first-order valence-electron chi connectivity index (χ1n) is 5.75. The number of halogens is 2. The van der Waals surface area contributed by atoms with Crippen LogP contribution in [-0.2, 0) is 11.2 Å². The van der Waals surface area contributed by atoms with Crippen molar-refractivity contribution >= 4 is 17.6 Å². The summed E-state index contributed by atoms with van der Waals surface area (Å²) < 4.78 is 13.6. The highest BCUT2D eigenvalue weighted by atomic mass is 35.5. The molecular formula is C13H14ClFO2. The molecule has 0 amide bonds. The van der Waals surface area contributed by atoms with E-state index in [1.165, 1.54) is 6.07 Å². The van der Waals surface area contributed by atoms with Crippen LogP contribution in [0.3, 0.4) is 0 Å². The molecule has 1 fully saturated rings. The van der Waals surface area contributed by atoms with Gasteiger partial charge in [-0.25, -0.2) is 4.39 Å². The predicted octanol–water partition coefficient (Wildman–Crippen LogP) is 3.52. The summed E-state index contributed by atoms with van der Waals surface area (Å²) in [6, 6.07) is 4.57. The van der Waals surface area contributed by atoms with Crippen molar-refractivity contribution in [3.63, 3.8) is 0 Å². The third kappa shape index (κ3) is 2.60. The van der Waals surface area contributed by atoms with Crippen LogP contribution in [0.25, 0.3) is 0 Å². The summed E-state index contributed by atoms with van der Waals surface area (Å²) in [6.45, 7) is 0. The van der Waals surface area contributed by atoms with Gasteiger partial charge in [-0.2, -0.15) is 0 Å². The molecule has 1 aliphatic rings. The highest BCUT2D eigenvalue weighted by Crippen LogP contribution is 2.36. The number of carboxylic acids is 1. The second-order valence-electron chi connectivity index (χ2n) is 4.54. The van der Waals surface area contributed by atoms with Gasteiger partial charge in [-0.15, -0.1) is 0 Å². The molecule has 1 saturated carbocycles. The summed E-state index contributed by atoms with van der Waals surface area (Å²) in [5, 5.41) is 9.46. The third-order valence-corrected chi connectivity index (χ3v) is 3.86. The number of hydrogen-bond donors (Lipinski definition) is 1. The molecule has 1 aromatic carbocycles. The van der Waals surface area contributed by atoms with Gasteiger partial charge in [0.05, 0.1) is 5.92 Å². The normalized spacial score (nSPS) is 23.9. The third-order valence-electron chi connectivity index (χ3n) is 3.50. The van der Waals surface area contributed by atoms with Crippen LogP contribution >= 0.6 is 11.6 Å². The number of hydrogen-bond acceptors (Lipinski definition) is 1. The minimum absolute atomic E-state index is 0.00176. The van der Waals surface area contributed by atoms with Gasteiger partial charge in [0.1, 0.15) is 5.82 Å². The Bertz CT molecular complexity index is 413. The first-order chi connectivity index (χ1) is 8.09. The molecule has 0 aromatic heterocycles. The van der Waals surface area contributed by atoms with Crippen LogP contribution in [-0.4, -0.2) is 11.1 Å². The van der Waals surface area contributed by atoms with Gasteiger partial charge < -0.3 is 5.11 Å². The molecule has 1 aliphatic carbocycles. The van der Waals surface area contributed by atoms with E-state index in [1.54, 1.807) is 12.1 Å². The van der Waals surface area contributed by atoms with Gasteiger partial charge in [-0.3, -0.25) is 4.79 Å². The monoisotopic (exact) mass is 256 g/mol. The van der Waals surface area contributed by atoms with Crippen LogP contribution in [0.5, 0.6) is 0 Å². The molecule has 0 heterocycles. The lowest BCUT2D eigenvalue weighted by Crippen LogP contribution is -2.20. The van der Waals surface area contributed by atoms with Crippen molar-refractivity contribution < 1.29 is 14.3 Å². The topological polar surface area (TPSA) is 37.3 Å². The van der Waals surface area contributed by atoms with Gasteiger partial charge in [-0.05, 0) is 37.3 Å². The SMILES string of the molecule is O=C(O)C1CCCC1Cc1c(F)cccc1Cl. The summed E-state index contributed by atoms with van der Waals surface area (Å²) >= 11 is 5.95. The van der Waals surface area contributed by atoms with E-state index in [9.17, 15) is 9.18 Å². The zero-order valence-corrected chi connectivity index (χ0v) is 10.1. The molecule has 2 nitrogen and oxygen atoms in total. The molecule has 0 spiro atoms. The van der Waals surface area contributed by atoms with E-state index >= 15 is 0 Å². The van der Waals surface area contributed by atoms with Crippen molar-refractivity contribution in [3.05, 3.63) is 34.6 Å². The molecule has 1 N–H and O–H groups in total. The lowest BCUT2D eigenvalue weighted by molar-refractivity contribution is -0.142. The van der Waals surface area contributed by atoms with Gasteiger partial charge in [-0.1, -0.05) is 24.1 Å². The molecule has 2 rings (SSSR count). The molecule has 0 saturated heterocycles. The average molecular weight is 257 g/mol. The van der Waals surface area contributed by atoms with E-state index in [4.69, 9.17) is 16.7 Å². The maximum Gasteiger partial charge on any atom is 0.306 e. The molecule has 0 radical (unpaired) electrons. The van der Waals surface area contributed by atoms with Crippen molar-refractivity contribution in [2.75, 3.05) is 0 Å². The second kappa shape index (κ2) is 5.05. The largest absolute Gasteiger partial charge is 0.481 e. The zero-order valence-electron chi connectivity index (χ0n) is 9.33. The highest BCUT2D eigenvalue weighted by Gasteiger charge is 2.33. The van der Waals surface area contributed by atoms with Crippen molar-refractivity contribution in [1.29, 1.82) is 0 Å². The minimum atomic E-state index is -0.778. The fourth-order valence-corrected chi connectivity index (χ4v) is 2.84. The Morgan fingerprint density at radius 3 is 2.88 bits per heavy atom. The van der Waals surface area contributed by atoms with E-state index in [-0.39, 0.29) is 17.7 Å². The summed E-state index contributed by atoms with van der Waals surface area (Å²) in [7, 11) is 0. The van der Waals surface area contributed by atoms with E-state index in [0.29, 0.717) is 23.4 Å². The molecule has 1 aromatic rings. The molecule has 17 heavy (non-hydrogen) atoms. The quantitative estimate of drug-likeness (QED) is 0.898. The summed E-state index contributed by atoms with van der Waals surface area (Å²) in [5.74, 6) is -1.47. The van der Waals surface area contributed by atoms with Crippen LogP contribution < -0.4 is 0 Å². The number of carbonyl (C=O) groups is 1. The smallest absolute Gasteiger partial charge is 0.306 e. The van der Waals surface area contributed by atoms with Crippen molar-refractivity contribution in [2.45, 2.75) is 25.7 Å². The lowest BCUT2D eigenvalue weighted by atomic mass is 9.89. The maximum atomic E-state index is 13.6. The maximum absolute atomic E-state index is 13.6. The van der Waals surface area contributed by atoms with Gasteiger partial charge >= 0.3 is 5.97 Å². The highest BCUT2D eigenvalue weighted by molar-refractivity contribution is 6.31. The van der Waals surface area contributed by atoms with E-state index in [0.717, 1.165) is 12.8 Å². The van der Waals surface area contributed by atoms with Gasteiger partial charge in [0.15, 0.2) is 0 Å². The van der Waals surface area contributed by atoms with Gasteiger partial charge in [0, 0.05) is 10.6 Å². The standard InChI is InChI=1S/C13H14ClFO2/c14-11-5-2-6-12(15)10(11)7-8-3-1-4-9(8)13(16)17/h2,5-6,8-9H,1,3-4,7H2,(H,16,17). The summed E-state index contributed by atoms with van der Waals surface area (Å²) in [5.41, 5.74) is 0.451. The average Bonchev–Trinajstić information content (AvgIpc) is 2.72. The minimum Gasteiger partial charge on any atom is -0.481 e. The Labute approximate surface area is 104 Å². The lowest BCUT2D eigenvalue weighted by Gasteiger charge is -2.16. The van der Waals surface area contributed by atoms with Crippen molar-refractivity contribution in [1.82, 2.24) is 0 Å². The number of rotatable bonds is 3. The molecule has 4 heteroatoms. The van der Waals surface area contributed by atoms with Crippen LogP contribution in [0.15, 0.2) is 18.2 Å². The molecule has 2 atom stereocenters. The first-order valence-corrected chi connectivity index (χ1v) is 6.13. The summed E-state index contributed by atoms with van der Waals surface area (Å²) in [6.07, 6.45) is 2.84. The Hall–Kier alpha value is -1.09. The van der Waals surface area contributed by atoms with Crippen LogP contribution in [0, 0.1) is 17.7 Å². The Morgan fingerprint density at radius 2 is 2.24 bits per heavy atom. The van der Waals surface area contributed by atoms with Crippen molar-refractivity contribution in [3.8, 4) is 0 Å². The molecule has 0 bridgehead atoms. The fraction of sp³-hybridized carbons (Fsp3) is 0.462. The first kappa shape index (κ1) is 12.4. The second-order valence-corrected chi connectivity index (χ2v) is 4.95. The van der Waals surface area contributed by atoms with E-state index in [2.05, 4.69) is 0 Å². The van der Waals surface area contributed by atoms with Crippen molar-refractivity contribution in [2.24, 2.45) is 11.8 Å². The number of benzene rings is 1. The molecule has 2 unspecified atom stereocenters. The predicted molar refractivity (Wildman–Crippen MR) is 63.6 cm³/mol. The number of carboxylic acid groups (broad SMARTS) is 1. The molecule has 92 valence electrons. The van der Waals surface area contributed by atoms with E-state index < -0.39 is 5.97 Å². The van der Waals surface area contributed by atoms with Crippen LogP contribution in [0.1, 0.15) is 24.8 Å². The van der Waals surface area contributed by atoms with Crippen LogP contribution in [0.4, 0.5) is 4.39 Å². The molecule has 0 aliphatic heterocycles. The molecular weight excluding hydrogens is 243 g/mol. The Morgan fingerprint density at radius 1 is 1.47 bits per heavy atom. The van der Waals surface area contributed by atoms with Gasteiger partial charge in [0.25, 0.3) is 0 Å². The summed E-state index contributed by atoms with van der Waals surface area (Å²) in [4.78, 5) is 11.0. The van der Waals surface area contributed by atoms with Gasteiger partial charge in [0.2, 0.25) is 0 Å². The fourth-order valence-electron chi connectivity index (χ4n) is 2.60. The zero-order chi connectivity index (χ0) is 12.4. The van der Waals surface area contributed by atoms with Crippen LogP contribution in [0.2, 0.25) is 5.02 Å². The number of aliphatic carboxylic acids is 1. The Kier molecular flexibility index (Phi) is 3.67. The Balaban J connectivity index is 2.18.